The summed E-state index contributed by atoms with van der Waals surface area (Å²) in [5, 5.41) is 7.68. The quantitative estimate of drug-likeness (QED) is 0.330. The minimum Gasteiger partial charge on any atom is -0.350 e. The Morgan fingerprint density at radius 3 is 2.68 bits per heavy atom. The van der Waals surface area contributed by atoms with E-state index >= 15 is 0 Å². The minimum atomic E-state index is -0.266. The Balaban J connectivity index is 1.50. The smallest absolute Gasteiger partial charge is 0.225 e. The molecule has 34 heavy (non-hydrogen) atoms. The average molecular weight is 499 g/mol. The Labute approximate surface area is 207 Å². The molecule has 3 heterocycles. The molecule has 0 radical (unpaired) electrons. The van der Waals surface area contributed by atoms with Gasteiger partial charge in [-0.15, -0.1) is 0 Å². The van der Waals surface area contributed by atoms with Gasteiger partial charge in [0.1, 0.15) is 17.2 Å². The van der Waals surface area contributed by atoms with Crippen LogP contribution in [-0.4, -0.2) is 32.6 Å². The van der Waals surface area contributed by atoms with Gasteiger partial charge in [-0.2, -0.15) is 4.98 Å². The first-order chi connectivity index (χ1) is 16.6. The molecule has 2 aromatic carbocycles. The van der Waals surface area contributed by atoms with E-state index < -0.39 is 0 Å². The van der Waals surface area contributed by atoms with Crippen molar-refractivity contribution in [3.05, 3.63) is 70.1 Å². The molecule has 0 spiro atoms. The fraction of sp³-hybridized carbons (Fsp3) is 0.320. The van der Waals surface area contributed by atoms with Crippen LogP contribution in [0.2, 0.25) is 10.0 Å². The van der Waals surface area contributed by atoms with Crippen molar-refractivity contribution in [1.29, 1.82) is 0 Å². The summed E-state index contributed by atoms with van der Waals surface area (Å²) >= 11 is 13.1. The fourth-order valence-electron chi connectivity index (χ4n) is 4.42. The summed E-state index contributed by atoms with van der Waals surface area (Å²) in [4.78, 5) is 13.9. The molecule has 0 bridgehead atoms. The highest BCUT2D eigenvalue weighted by atomic mass is 35.5. The molecular weight excluding hydrogens is 474 g/mol. The number of hydrogen-bond acceptors (Lipinski definition) is 5. The second kappa shape index (κ2) is 10.3. The fourth-order valence-corrected chi connectivity index (χ4v) is 4.98. The number of piperidine rings is 1. The molecule has 2 aromatic heterocycles. The zero-order valence-electron chi connectivity index (χ0n) is 18.6. The molecule has 0 saturated carbocycles. The number of aryl methyl sites for hydroxylation is 1. The van der Waals surface area contributed by atoms with E-state index in [9.17, 15) is 4.39 Å². The third-order valence-electron chi connectivity index (χ3n) is 6.23. The van der Waals surface area contributed by atoms with Crippen LogP contribution in [0.4, 0.5) is 10.3 Å². The molecule has 4 aromatic rings. The van der Waals surface area contributed by atoms with Gasteiger partial charge in [0.2, 0.25) is 5.95 Å². The van der Waals surface area contributed by atoms with Crippen molar-refractivity contribution in [2.45, 2.75) is 32.4 Å². The van der Waals surface area contributed by atoms with E-state index in [0.29, 0.717) is 50.0 Å². The summed E-state index contributed by atoms with van der Waals surface area (Å²) < 4.78 is 16.1. The summed E-state index contributed by atoms with van der Waals surface area (Å²) in [6, 6.07) is 12.1. The lowest BCUT2D eigenvalue weighted by atomic mass is 9.96. The first-order valence-electron chi connectivity index (χ1n) is 11.5. The maximum atomic E-state index is 14.0. The Bertz CT molecular complexity index is 1280. The summed E-state index contributed by atoms with van der Waals surface area (Å²) in [6.45, 7) is 3.10. The highest BCUT2D eigenvalue weighted by molar-refractivity contribution is 6.39. The van der Waals surface area contributed by atoms with Gasteiger partial charge in [-0.1, -0.05) is 47.5 Å². The summed E-state index contributed by atoms with van der Waals surface area (Å²) in [7, 11) is 0. The standard InChI is InChI=1S/C25H25Cl2FN6/c26-18-7-3-8-19(27)22(18)24-32-21-15-31-25(30-14-17-6-1-2-9-20(17)28)33-23(21)34(24)12-10-16-5-4-11-29-13-16/h1-3,6-9,15-16,29H,4-5,10-14H2,(H,30,31,33). The van der Waals surface area contributed by atoms with Gasteiger partial charge < -0.3 is 15.2 Å². The molecular formula is C25H25Cl2FN6. The van der Waals surface area contributed by atoms with Gasteiger partial charge in [0.05, 0.1) is 21.8 Å². The molecule has 5 rings (SSSR count). The van der Waals surface area contributed by atoms with Gasteiger partial charge >= 0.3 is 0 Å². The van der Waals surface area contributed by atoms with E-state index in [4.69, 9.17) is 33.2 Å². The molecule has 1 unspecified atom stereocenters. The van der Waals surface area contributed by atoms with E-state index in [2.05, 4.69) is 20.2 Å². The number of hydrogen-bond donors (Lipinski definition) is 2. The molecule has 9 heteroatoms. The van der Waals surface area contributed by atoms with Crippen molar-refractivity contribution in [1.82, 2.24) is 24.8 Å². The van der Waals surface area contributed by atoms with Crippen molar-refractivity contribution in [2.24, 2.45) is 5.92 Å². The number of nitrogens with zero attached hydrogens (tertiary/aromatic N) is 4. The van der Waals surface area contributed by atoms with Crippen LogP contribution in [0, 0.1) is 11.7 Å². The van der Waals surface area contributed by atoms with Gasteiger partial charge in [0.25, 0.3) is 0 Å². The zero-order chi connectivity index (χ0) is 23.5. The lowest BCUT2D eigenvalue weighted by Gasteiger charge is -2.23. The van der Waals surface area contributed by atoms with Gasteiger partial charge in [-0.3, -0.25) is 0 Å². The van der Waals surface area contributed by atoms with Crippen LogP contribution in [-0.2, 0) is 13.1 Å². The first kappa shape index (κ1) is 23.0. The minimum absolute atomic E-state index is 0.266. The molecule has 6 nitrogen and oxygen atoms in total. The maximum Gasteiger partial charge on any atom is 0.225 e. The van der Waals surface area contributed by atoms with Crippen LogP contribution in [0.3, 0.4) is 0 Å². The molecule has 2 N–H and O–H groups in total. The number of nitrogens with one attached hydrogen (secondary N) is 2. The monoisotopic (exact) mass is 498 g/mol. The zero-order valence-corrected chi connectivity index (χ0v) is 20.1. The SMILES string of the molecule is Fc1ccccc1CNc1ncc2nc(-c3c(Cl)cccc3Cl)n(CCC3CCCNC3)c2n1. The van der Waals surface area contributed by atoms with Crippen LogP contribution >= 0.6 is 23.2 Å². The third-order valence-corrected chi connectivity index (χ3v) is 6.86. The third kappa shape index (κ3) is 4.87. The second-order valence-electron chi connectivity index (χ2n) is 8.53. The highest BCUT2D eigenvalue weighted by Gasteiger charge is 2.21. The molecule has 1 aliphatic rings. The number of halogens is 3. The van der Waals surface area contributed by atoms with Crippen LogP contribution in [0.1, 0.15) is 24.8 Å². The van der Waals surface area contributed by atoms with Crippen molar-refractivity contribution in [3.8, 4) is 11.4 Å². The van der Waals surface area contributed by atoms with E-state index in [0.717, 1.165) is 26.1 Å². The van der Waals surface area contributed by atoms with Crippen LogP contribution < -0.4 is 10.6 Å². The van der Waals surface area contributed by atoms with E-state index in [1.807, 2.05) is 18.2 Å². The number of rotatable bonds is 7. The van der Waals surface area contributed by atoms with Crippen molar-refractivity contribution < 1.29 is 4.39 Å². The van der Waals surface area contributed by atoms with E-state index in [-0.39, 0.29) is 12.4 Å². The lowest BCUT2D eigenvalue weighted by molar-refractivity contribution is 0.343. The topological polar surface area (TPSA) is 67.7 Å². The molecule has 0 amide bonds. The maximum absolute atomic E-state index is 14.0. The van der Waals surface area contributed by atoms with E-state index in [1.54, 1.807) is 24.4 Å². The number of anilines is 1. The number of benzene rings is 2. The summed E-state index contributed by atoms with van der Waals surface area (Å²) in [5.41, 5.74) is 2.59. The molecule has 1 atom stereocenters. The Morgan fingerprint density at radius 2 is 1.91 bits per heavy atom. The van der Waals surface area contributed by atoms with Crippen LogP contribution in [0.15, 0.2) is 48.7 Å². The van der Waals surface area contributed by atoms with Crippen LogP contribution in [0.5, 0.6) is 0 Å². The van der Waals surface area contributed by atoms with Gasteiger partial charge in [0.15, 0.2) is 5.65 Å². The Hall–Kier alpha value is -2.74. The van der Waals surface area contributed by atoms with Crippen molar-refractivity contribution in [3.63, 3.8) is 0 Å². The normalized spacial score (nSPS) is 16.1. The Kier molecular flexibility index (Phi) is 6.94. The van der Waals surface area contributed by atoms with E-state index in [1.165, 1.54) is 18.9 Å². The van der Waals surface area contributed by atoms with Gasteiger partial charge in [-0.05, 0) is 56.5 Å². The number of imidazole rings is 1. The number of fused-ring (bicyclic) bond motifs is 1. The molecule has 0 aliphatic carbocycles. The molecule has 1 saturated heterocycles. The summed E-state index contributed by atoms with van der Waals surface area (Å²) in [5.74, 6) is 1.40. The predicted molar refractivity (Wildman–Crippen MR) is 135 cm³/mol. The highest BCUT2D eigenvalue weighted by Crippen LogP contribution is 2.36. The van der Waals surface area contributed by atoms with Crippen LogP contribution in [0.25, 0.3) is 22.6 Å². The molecule has 1 fully saturated rings. The lowest BCUT2D eigenvalue weighted by Crippen LogP contribution is -2.30. The average Bonchev–Trinajstić information content (AvgIpc) is 3.20. The molecule has 1 aliphatic heterocycles. The van der Waals surface area contributed by atoms with Gasteiger partial charge in [-0.25, -0.2) is 14.4 Å². The number of aromatic nitrogens is 4. The first-order valence-corrected chi connectivity index (χ1v) is 12.2. The Morgan fingerprint density at radius 1 is 1.09 bits per heavy atom. The second-order valence-corrected chi connectivity index (χ2v) is 9.35. The summed E-state index contributed by atoms with van der Waals surface area (Å²) in [6.07, 6.45) is 5.05. The molecule has 176 valence electrons. The van der Waals surface area contributed by atoms with Gasteiger partial charge in [0, 0.05) is 18.7 Å². The van der Waals surface area contributed by atoms with Crippen molar-refractivity contribution >= 4 is 40.3 Å². The predicted octanol–water partition coefficient (Wildman–Crippen LogP) is 5.94. The largest absolute Gasteiger partial charge is 0.350 e. The van der Waals surface area contributed by atoms with Crippen molar-refractivity contribution in [2.75, 3.05) is 18.4 Å².